The smallest absolute Gasteiger partial charge is 0.320 e. The maximum Gasteiger partial charge on any atom is 0.320 e. The number of carbonyl (C=O) groups is 5. The van der Waals surface area contributed by atoms with Crippen LogP contribution in [0.3, 0.4) is 0 Å². The van der Waals surface area contributed by atoms with E-state index >= 15 is 0 Å². The summed E-state index contributed by atoms with van der Waals surface area (Å²) in [5, 5.41) is 36.4. The molecule has 0 bridgehead atoms. The number of aliphatic carboxylic acids is 2. The summed E-state index contributed by atoms with van der Waals surface area (Å²) < 4.78 is 20.9. The first-order chi connectivity index (χ1) is 23.1. The van der Waals surface area contributed by atoms with Gasteiger partial charge in [-0.1, -0.05) is 57.8 Å². The molecule has 0 heterocycles. The Kier molecular flexibility index (Phi) is 31.0. The van der Waals surface area contributed by atoms with Gasteiger partial charge in [0, 0.05) is 25.9 Å². The number of carbonyl (C=O) groups excluding carboxylic acids is 3. The largest absolute Gasteiger partial charge is 0.481 e. The fourth-order valence-corrected chi connectivity index (χ4v) is 4.56. The average molecular weight is 692 g/mol. The molecule has 280 valence electrons. The number of unbranched alkanes of at least 4 members (excludes halogenated alkanes) is 10. The van der Waals surface area contributed by atoms with Crippen LogP contribution in [-0.4, -0.2) is 123 Å². The van der Waals surface area contributed by atoms with E-state index in [0.29, 0.717) is 32.8 Å². The van der Waals surface area contributed by atoms with Gasteiger partial charge < -0.3 is 44.9 Å². The minimum atomic E-state index is -1.12. The van der Waals surface area contributed by atoms with Gasteiger partial charge in [0.2, 0.25) is 11.8 Å². The first-order valence-corrected chi connectivity index (χ1v) is 17.3. The van der Waals surface area contributed by atoms with E-state index in [1.807, 2.05) is 0 Å². The molecule has 2 amide bonds. The van der Waals surface area contributed by atoms with Crippen LogP contribution in [0.2, 0.25) is 0 Å². The molecule has 0 aliphatic rings. The maximum absolute atomic E-state index is 12.1. The normalized spacial score (nSPS) is 12.4. The van der Waals surface area contributed by atoms with Gasteiger partial charge in [0.1, 0.15) is 25.5 Å². The van der Waals surface area contributed by atoms with E-state index in [4.69, 9.17) is 24.1 Å². The number of Topliss-reactive ketones (excluding diaryl/α,β-unsaturated/α-hetero) is 1. The van der Waals surface area contributed by atoms with Crippen molar-refractivity contribution in [1.82, 2.24) is 16.0 Å². The highest BCUT2D eigenvalue weighted by Gasteiger charge is 2.21. The van der Waals surface area contributed by atoms with Crippen molar-refractivity contribution in [1.29, 1.82) is 0 Å². The van der Waals surface area contributed by atoms with Crippen molar-refractivity contribution in [2.45, 2.75) is 116 Å². The molecule has 15 heteroatoms. The Balaban J connectivity index is 3.68. The Morgan fingerprint density at radius 2 is 1.04 bits per heavy atom. The SMILES string of the molecule is CC(=O)COCCOCCNC(=O)COCCOCCNC(=O)CC[C@@H](NC(O)CCCCCCCCCCCCCC(=O)O)C(=O)O. The van der Waals surface area contributed by atoms with Crippen molar-refractivity contribution in [2.75, 3.05) is 65.9 Å². The Morgan fingerprint density at radius 3 is 1.56 bits per heavy atom. The second-order valence-corrected chi connectivity index (χ2v) is 11.7. The van der Waals surface area contributed by atoms with Crippen LogP contribution < -0.4 is 16.0 Å². The van der Waals surface area contributed by atoms with E-state index in [1.54, 1.807) is 0 Å². The van der Waals surface area contributed by atoms with Gasteiger partial charge in [-0.05, 0) is 32.6 Å². The van der Waals surface area contributed by atoms with Crippen molar-refractivity contribution < 1.29 is 58.2 Å². The van der Waals surface area contributed by atoms with Gasteiger partial charge in [-0.3, -0.25) is 29.3 Å². The van der Waals surface area contributed by atoms with Crippen molar-refractivity contribution in [2.24, 2.45) is 0 Å². The van der Waals surface area contributed by atoms with Crippen LogP contribution in [0.4, 0.5) is 0 Å². The van der Waals surface area contributed by atoms with Gasteiger partial charge in [-0.2, -0.15) is 0 Å². The average Bonchev–Trinajstić information content (AvgIpc) is 3.03. The van der Waals surface area contributed by atoms with Gasteiger partial charge in [-0.15, -0.1) is 0 Å². The molecule has 1 unspecified atom stereocenters. The number of ether oxygens (including phenoxy) is 4. The van der Waals surface area contributed by atoms with Crippen LogP contribution in [-0.2, 0) is 42.9 Å². The number of amides is 2. The number of nitrogens with one attached hydrogen (secondary N) is 3. The Hall–Kier alpha value is -2.69. The minimum Gasteiger partial charge on any atom is -0.481 e. The second-order valence-electron chi connectivity index (χ2n) is 11.7. The van der Waals surface area contributed by atoms with E-state index in [0.717, 1.165) is 57.8 Å². The van der Waals surface area contributed by atoms with Gasteiger partial charge >= 0.3 is 11.9 Å². The number of aliphatic hydroxyl groups excluding tert-OH is 1. The number of ketones is 1. The molecular weight excluding hydrogens is 630 g/mol. The summed E-state index contributed by atoms with van der Waals surface area (Å²) in [4.78, 5) is 56.7. The summed E-state index contributed by atoms with van der Waals surface area (Å²) in [7, 11) is 0. The molecule has 0 aliphatic carbocycles. The Bertz CT molecular complexity index is 862. The predicted molar refractivity (Wildman–Crippen MR) is 177 cm³/mol. The van der Waals surface area contributed by atoms with Crippen LogP contribution in [0.5, 0.6) is 0 Å². The lowest BCUT2D eigenvalue weighted by Gasteiger charge is -2.19. The Labute approximate surface area is 285 Å². The van der Waals surface area contributed by atoms with E-state index in [2.05, 4.69) is 16.0 Å². The van der Waals surface area contributed by atoms with Crippen LogP contribution >= 0.6 is 0 Å². The van der Waals surface area contributed by atoms with Gasteiger partial charge in [-0.25, -0.2) is 0 Å². The summed E-state index contributed by atoms with van der Waals surface area (Å²) >= 11 is 0. The summed E-state index contributed by atoms with van der Waals surface area (Å²) in [6.45, 7) is 3.52. The van der Waals surface area contributed by atoms with Crippen molar-refractivity contribution >= 4 is 29.5 Å². The van der Waals surface area contributed by atoms with Crippen LogP contribution in [0.1, 0.15) is 103 Å². The number of carboxylic acids is 2. The third-order valence-corrected chi connectivity index (χ3v) is 7.14. The zero-order valence-corrected chi connectivity index (χ0v) is 28.8. The van der Waals surface area contributed by atoms with E-state index in [9.17, 15) is 34.2 Å². The zero-order valence-electron chi connectivity index (χ0n) is 28.8. The second kappa shape index (κ2) is 32.8. The summed E-state index contributed by atoms with van der Waals surface area (Å²) in [5.41, 5.74) is 0. The van der Waals surface area contributed by atoms with Gasteiger partial charge in [0.05, 0.1) is 39.6 Å². The van der Waals surface area contributed by atoms with Crippen LogP contribution in [0.25, 0.3) is 0 Å². The quantitative estimate of drug-likeness (QED) is 0.0410. The number of carboxylic acid groups (broad SMARTS) is 2. The highest BCUT2D eigenvalue weighted by molar-refractivity contribution is 5.78. The molecule has 0 aliphatic heterocycles. The first kappa shape index (κ1) is 45.3. The maximum atomic E-state index is 12.1. The minimum absolute atomic E-state index is 0.0179. The molecule has 0 spiro atoms. The molecular formula is C33H61N3O12. The molecule has 0 aromatic carbocycles. The number of rotatable bonds is 36. The molecule has 15 nitrogen and oxygen atoms in total. The fraction of sp³-hybridized carbons (Fsp3) is 0.848. The molecule has 2 atom stereocenters. The van der Waals surface area contributed by atoms with Crippen molar-refractivity contribution in [3.05, 3.63) is 0 Å². The lowest BCUT2D eigenvalue weighted by molar-refractivity contribution is -0.141. The van der Waals surface area contributed by atoms with E-state index in [1.165, 1.54) is 19.8 Å². The van der Waals surface area contributed by atoms with Gasteiger partial charge in [0.25, 0.3) is 0 Å². The van der Waals surface area contributed by atoms with Crippen LogP contribution in [0.15, 0.2) is 0 Å². The van der Waals surface area contributed by atoms with Crippen molar-refractivity contribution in [3.63, 3.8) is 0 Å². The van der Waals surface area contributed by atoms with Crippen LogP contribution in [0, 0.1) is 0 Å². The third-order valence-electron chi connectivity index (χ3n) is 7.14. The molecule has 0 rings (SSSR count). The molecule has 0 aromatic rings. The fourth-order valence-electron chi connectivity index (χ4n) is 4.56. The molecule has 6 N–H and O–H groups in total. The number of hydrogen-bond donors (Lipinski definition) is 6. The van der Waals surface area contributed by atoms with E-state index < -0.39 is 24.2 Å². The molecule has 48 heavy (non-hydrogen) atoms. The lowest BCUT2D eigenvalue weighted by atomic mass is 10.0. The summed E-state index contributed by atoms with van der Waals surface area (Å²) in [5.74, 6) is -2.52. The molecule has 0 aromatic heterocycles. The highest BCUT2D eigenvalue weighted by atomic mass is 16.5. The zero-order chi connectivity index (χ0) is 35.7. The topological polar surface area (TPSA) is 219 Å². The number of hydrogen-bond acceptors (Lipinski definition) is 11. The third kappa shape index (κ3) is 33.2. The summed E-state index contributed by atoms with van der Waals surface area (Å²) in [6, 6.07) is -1.04. The standard InChI is InChI=1S/C33H61N3O12/c1-27(37)25-47-23-21-46-20-18-35-31(40)26-48-24-22-45-19-17-34-29(38)16-15-28(33(43)44)36-30(39)13-11-9-7-5-3-2-4-6-8-10-12-14-32(41)42/h28,30,36,39H,2-26H2,1H3,(H,34,38)(H,35,40)(H,41,42)(H,43,44)/t28-,30?/m1/s1. The number of aliphatic hydroxyl groups is 1. The predicted octanol–water partition coefficient (Wildman–Crippen LogP) is 2.17. The molecule has 0 saturated carbocycles. The van der Waals surface area contributed by atoms with E-state index in [-0.39, 0.29) is 76.4 Å². The highest BCUT2D eigenvalue weighted by Crippen LogP contribution is 2.13. The monoisotopic (exact) mass is 691 g/mol. The molecule has 0 saturated heterocycles. The molecule has 0 fully saturated rings. The first-order valence-electron chi connectivity index (χ1n) is 17.3. The lowest BCUT2D eigenvalue weighted by Crippen LogP contribution is -2.44. The van der Waals surface area contributed by atoms with Gasteiger partial charge in [0.15, 0.2) is 5.78 Å². The molecule has 0 radical (unpaired) electrons. The van der Waals surface area contributed by atoms with Crippen molar-refractivity contribution in [3.8, 4) is 0 Å². The Morgan fingerprint density at radius 1 is 0.562 bits per heavy atom. The summed E-state index contributed by atoms with van der Waals surface area (Å²) in [6.07, 6.45) is 11.1.